The average Bonchev–Trinajstić information content (AvgIpc) is 3.34. The van der Waals surface area contributed by atoms with E-state index in [0.717, 1.165) is 0 Å². The maximum Gasteiger partial charge on any atom is 0.324 e. The predicted octanol–water partition coefficient (Wildman–Crippen LogP) is -0.370. The zero-order valence-electron chi connectivity index (χ0n) is 21.2. The number of aliphatic hydroxyl groups excluding tert-OH is 2. The Bertz CT molecular complexity index is 1730. The van der Waals surface area contributed by atoms with E-state index in [1.165, 1.54) is 23.5 Å². The summed E-state index contributed by atoms with van der Waals surface area (Å²) in [6.45, 7) is -4.92. The fourth-order valence-electron chi connectivity index (χ4n) is 5.60. The van der Waals surface area contributed by atoms with Crippen LogP contribution in [0.25, 0.3) is 22.3 Å². The second-order valence-corrected chi connectivity index (χ2v) is 13.1. The SMILES string of the molecule is Nc1nc(Cl)nc2c1ncn2[C@@H]1C2O[C@H](CO)C(OP(O)(=S)OC[C@H]3O[C@@H](n4cnc5c(N)ncnc54)C(F)C3O)C21. The Labute approximate surface area is 244 Å². The molecular weight excluding hydrogens is 622 g/mol. The van der Waals surface area contributed by atoms with E-state index in [2.05, 4.69) is 29.9 Å². The standard InChI is InChI=1S/C21H23ClFN10O7PS/c22-21-30-17(25)11-19(31-21)32(4-28-11)12-8-14(6(1-34)38-15(8)12)40-41(36,42)37-2-7-13(35)9(23)20(39-7)33-5-29-10-16(24)26-3-27-18(10)33/h3-9,12-15,20,34-35H,1-2H2,(H,36,42)(H2,24,26,27)(H2,25,30,31)/t6-,7-,8?,9?,12+,13?,14?,15?,20-,41?/m1/s1. The molecule has 2 saturated heterocycles. The number of aliphatic hydroxyl groups is 2. The van der Waals surface area contributed by atoms with E-state index >= 15 is 4.39 Å². The van der Waals surface area contributed by atoms with Crippen LogP contribution in [-0.4, -0.2) is 104 Å². The first-order valence-corrected chi connectivity index (χ1v) is 15.5. The zero-order valence-corrected chi connectivity index (χ0v) is 23.6. The van der Waals surface area contributed by atoms with Gasteiger partial charge in [-0.3, -0.25) is 4.57 Å². The summed E-state index contributed by atoms with van der Waals surface area (Å²) in [6.07, 6.45) is -4.15. The van der Waals surface area contributed by atoms with Crippen LogP contribution in [-0.2, 0) is 30.3 Å². The number of imidazole rings is 2. The lowest BCUT2D eigenvalue weighted by atomic mass is 10.1. The van der Waals surface area contributed by atoms with Gasteiger partial charge in [0.15, 0.2) is 35.3 Å². The van der Waals surface area contributed by atoms with Gasteiger partial charge in [-0.2, -0.15) is 9.97 Å². The van der Waals surface area contributed by atoms with E-state index < -0.39 is 62.9 Å². The summed E-state index contributed by atoms with van der Waals surface area (Å²) in [6, 6.07) is -0.334. The molecule has 6 unspecified atom stereocenters. The number of nitrogens with zero attached hydrogens (tertiary/aromatic N) is 8. The molecule has 0 aromatic carbocycles. The first kappa shape index (κ1) is 28.1. The van der Waals surface area contributed by atoms with Crippen LogP contribution in [0.4, 0.5) is 16.0 Å². The minimum Gasteiger partial charge on any atom is -0.394 e. The Morgan fingerprint density at radius 1 is 1.05 bits per heavy atom. The summed E-state index contributed by atoms with van der Waals surface area (Å²) in [4.78, 5) is 35.3. The van der Waals surface area contributed by atoms with Crippen LogP contribution in [0.15, 0.2) is 19.0 Å². The van der Waals surface area contributed by atoms with Crippen LogP contribution in [0.3, 0.4) is 0 Å². The molecule has 6 heterocycles. The lowest BCUT2D eigenvalue weighted by Gasteiger charge is -2.27. The number of hydrogen-bond donors (Lipinski definition) is 5. The summed E-state index contributed by atoms with van der Waals surface area (Å²) in [5.74, 6) is -0.140. The second kappa shape index (κ2) is 10.2. The molecule has 3 aliphatic rings. The third-order valence-corrected chi connectivity index (χ3v) is 9.31. The van der Waals surface area contributed by atoms with Crippen LogP contribution in [0, 0.1) is 5.92 Å². The molecule has 21 heteroatoms. The van der Waals surface area contributed by atoms with Gasteiger partial charge in [-0.15, -0.1) is 0 Å². The molecule has 0 bridgehead atoms. The molecule has 17 nitrogen and oxygen atoms in total. The van der Waals surface area contributed by atoms with Crippen LogP contribution in [0.5, 0.6) is 0 Å². The van der Waals surface area contributed by atoms with Gasteiger partial charge in [0.1, 0.15) is 41.8 Å². The van der Waals surface area contributed by atoms with E-state index in [0.29, 0.717) is 11.2 Å². The summed E-state index contributed by atoms with van der Waals surface area (Å²) in [7, 11) is 0. The number of aromatic nitrogens is 8. The van der Waals surface area contributed by atoms with Gasteiger partial charge in [0.05, 0.1) is 38.0 Å². The maximum absolute atomic E-state index is 15.1. The van der Waals surface area contributed by atoms with Crippen molar-refractivity contribution in [2.75, 3.05) is 24.7 Å². The summed E-state index contributed by atoms with van der Waals surface area (Å²) >= 11 is 11.2. The monoisotopic (exact) mass is 644 g/mol. The molecular formula is C21H23ClFN10O7PS. The molecule has 42 heavy (non-hydrogen) atoms. The number of nitrogens with two attached hydrogens (primary N) is 2. The first-order valence-electron chi connectivity index (χ1n) is 12.6. The summed E-state index contributed by atoms with van der Waals surface area (Å²) < 4.78 is 41.1. The molecule has 3 fully saturated rings. The van der Waals surface area contributed by atoms with Crippen molar-refractivity contribution in [2.45, 2.75) is 49.0 Å². The molecule has 7 rings (SSSR count). The number of nitrogen functional groups attached to an aromatic ring is 2. The van der Waals surface area contributed by atoms with Gasteiger partial charge in [-0.05, 0) is 23.4 Å². The predicted molar refractivity (Wildman–Crippen MR) is 145 cm³/mol. The molecule has 4 aromatic rings. The van der Waals surface area contributed by atoms with Gasteiger partial charge in [-0.25, -0.2) is 24.3 Å². The average molecular weight is 645 g/mol. The molecule has 0 radical (unpaired) electrons. The van der Waals surface area contributed by atoms with Crippen molar-refractivity contribution in [1.29, 1.82) is 0 Å². The summed E-state index contributed by atoms with van der Waals surface area (Å²) in [5, 5.41) is 20.3. The van der Waals surface area contributed by atoms with Crippen molar-refractivity contribution in [1.82, 2.24) is 39.0 Å². The highest BCUT2D eigenvalue weighted by molar-refractivity contribution is 8.07. The van der Waals surface area contributed by atoms with Crippen molar-refractivity contribution in [3.63, 3.8) is 0 Å². The quantitative estimate of drug-likeness (QED) is 0.121. The molecule has 0 spiro atoms. The molecule has 0 amide bonds. The van der Waals surface area contributed by atoms with E-state index in [1.807, 2.05) is 0 Å². The number of halogens is 2. The fourth-order valence-corrected chi connectivity index (χ4v) is 7.23. The maximum atomic E-state index is 15.1. The Hall–Kier alpha value is -2.71. The fraction of sp³-hybridized carbons (Fsp3) is 0.524. The van der Waals surface area contributed by atoms with E-state index in [9.17, 15) is 15.1 Å². The first-order chi connectivity index (χ1) is 20.1. The number of rotatable bonds is 8. The molecule has 10 atom stereocenters. The van der Waals surface area contributed by atoms with Crippen LogP contribution < -0.4 is 11.5 Å². The molecule has 2 aliphatic heterocycles. The lowest BCUT2D eigenvalue weighted by Crippen LogP contribution is -2.34. The van der Waals surface area contributed by atoms with Crippen LogP contribution in [0.1, 0.15) is 12.3 Å². The number of ether oxygens (including phenoxy) is 2. The molecule has 1 saturated carbocycles. The Balaban J connectivity index is 1.04. The largest absolute Gasteiger partial charge is 0.394 e. The molecule has 4 aromatic heterocycles. The second-order valence-electron chi connectivity index (χ2n) is 10.0. The molecule has 224 valence electrons. The molecule has 7 N–H and O–H groups in total. The van der Waals surface area contributed by atoms with E-state index in [-0.39, 0.29) is 40.0 Å². The Kier molecular flexibility index (Phi) is 6.81. The zero-order chi connectivity index (χ0) is 29.5. The van der Waals surface area contributed by atoms with E-state index in [4.69, 9.17) is 53.4 Å². The third kappa shape index (κ3) is 4.52. The Morgan fingerprint density at radius 3 is 2.55 bits per heavy atom. The van der Waals surface area contributed by atoms with Gasteiger partial charge in [-0.1, -0.05) is 0 Å². The normalized spacial score (nSPS) is 33.8. The van der Waals surface area contributed by atoms with Crippen molar-refractivity contribution < 1.29 is 38.0 Å². The summed E-state index contributed by atoms with van der Waals surface area (Å²) in [5.41, 5.74) is 12.9. The third-order valence-electron chi connectivity index (χ3n) is 7.58. The van der Waals surface area contributed by atoms with Gasteiger partial charge in [0.2, 0.25) is 5.28 Å². The number of alkyl halides is 1. The van der Waals surface area contributed by atoms with Crippen LogP contribution >= 0.6 is 18.3 Å². The molecule has 1 aliphatic carbocycles. The highest BCUT2D eigenvalue weighted by Gasteiger charge is 2.66. The van der Waals surface area contributed by atoms with Crippen molar-refractivity contribution in [3.05, 3.63) is 24.3 Å². The highest BCUT2D eigenvalue weighted by atomic mass is 35.5. The lowest BCUT2D eigenvalue weighted by molar-refractivity contribution is -0.0524. The van der Waals surface area contributed by atoms with E-state index in [1.54, 1.807) is 4.57 Å². The van der Waals surface area contributed by atoms with Gasteiger partial charge < -0.3 is 49.7 Å². The number of fused-ring (bicyclic) bond motifs is 3. The topological polar surface area (TPSA) is 237 Å². The van der Waals surface area contributed by atoms with Crippen molar-refractivity contribution in [3.8, 4) is 0 Å². The van der Waals surface area contributed by atoms with Gasteiger partial charge in [0.25, 0.3) is 0 Å². The van der Waals surface area contributed by atoms with Gasteiger partial charge >= 0.3 is 6.72 Å². The highest BCUT2D eigenvalue weighted by Crippen LogP contribution is 2.60. The minimum atomic E-state index is -4.01. The minimum absolute atomic E-state index is 0.0542. The Morgan fingerprint density at radius 2 is 1.79 bits per heavy atom. The van der Waals surface area contributed by atoms with Crippen molar-refractivity contribution in [2.24, 2.45) is 5.92 Å². The van der Waals surface area contributed by atoms with Crippen molar-refractivity contribution >= 4 is 64.1 Å². The number of hydrogen-bond acceptors (Lipinski definition) is 15. The smallest absolute Gasteiger partial charge is 0.324 e. The van der Waals surface area contributed by atoms with Crippen LogP contribution in [0.2, 0.25) is 5.28 Å². The number of anilines is 2. The van der Waals surface area contributed by atoms with Gasteiger partial charge in [0, 0.05) is 5.92 Å².